The van der Waals surface area contributed by atoms with Crippen molar-refractivity contribution in [2.24, 2.45) is 0 Å². The Morgan fingerprint density at radius 2 is 2.09 bits per heavy atom. The van der Waals surface area contributed by atoms with E-state index >= 15 is 0 Å². The number of hydrogen-bond acceptors (Lipinski definition) is 5. The van der Waals surface area contributed by atoms with Gasteiger partial charge in [0.25, 0.3) is 5.91 Å². The van der Waals surface area contributed by atoms with E-state index in [1.54, 1.807) is 12.1 Å². The second-order valence-corrected chi connectivity index (χ2v) is 5.22. The van der Waals surface area contributed by atoms with Gasteiger partial charge < -0.3 is 0 Å². The Hall–Kier alpha value is -2.75. The number of alkyl halides is 3. The van der Waals surface area contributed by atoms with Gasteiger partial charge in [-0.1, -0.05) is 17.4 Å². The number of amides is 1. The number of aromatic nitrogens is 4. The second-order valence-electron chi connectivity index (χ2n) is 4.39. The summed E-state index contributed by atoms with van der Waals surface area (Å²) in [6, 6.07) is 6.94. The number of halogens is 3. The average Bonchev–Trinajstić information content (AvgIpc) is 3.18. The normalized spacial score (nSPS) is 11.4. The molecule has 0 spiro atoms. The van der Waals surface area contributed by atoms with Crippen molar-refractivity contribution in [1.29, 1.82) is 0 Å². The molecule has 0 aliphatic heterocycles. The van der Waals surface area contributed by atoms with Crippen LogP contribution in [0.3, 0.4) is 0 Å². The first-order valence-corrected chi connectivity index (χ1v) is 7.12. The predicted molar refractivity (Wildman–Crippen MR) is 76.4 cm³/mol. The van der Waals surface area contributed by atoms with Crippen LogP contribution >= 0.6 is 11.3 Å². The molecule has 0 saturated carbocycles. The highest BCUT2D eigenvalue weighted by atomic mass is 32.1. The lowest BCUT2D eigenvalue weighted by molar-refractivity contribution is -0.141. The lowest BCUT2D eigenvalue weighted by atomic mass is 10.2. The van der Waals surface area contributed by atoms with Gasteiger partial charge in [-0.15, -0.1) is 10.2 Å². The Labute approximate surface area is 131 Å². The summed E-state index contributed by atoms with van der Waals surface area (Å²) < 4.78 is 38.8. The average molecular weight is 339 g/mol. The molecule has 23 heavy (non-hydrogen) atoms. The third-order valence-electron chi connectivity index (χ3n) is 2.83. The summed E-state index contributed by atoms with van der Waals surface area (Å²) in [5, 5.41) is 13.6. The highest BCUT2D eigenvalue weighted by Crippen LogP contribution is 2.28. The van der Waals surface area contributed by atoms with Crippen molar-refractivity contribution in [3.05, 3.63) is 53.3 Å². The van der Waals surface area contributed by atoms with Crippen LogP contribution in [0.1, 0.15) is 16.1 Å². The number of benzene rings is 1. The lowest BCUT2D eigenvalue weighted by Gasteiger charge is -2.06. The van der Waals surface area contributed by atoms with Gasteiger partial charge in [-0.3, -0.25) is 10.1 Å². The van der Waals surface area contributed by atoms with Crippen LogP contribution < -0.4 is 5.32 Å². The Bertz CT molecular complexity index is 828. The summed E-state index contributed by atoms with van der Waals surface area (Å²) in [5.74, 6) is -0.438. The molecule has 0 aliphatic carbocycles. The van der Waals surface area contributed by atoms with Crippen LogP contribution in [-0.4, -0.2) is 25.9 Å². The van der Waals surface area contributed by atoms with Crippen LogP contribution in [0, 0.1) is 0 Å². The number of rotatable bonds is 3. The monoisotopic (exact) mass is 339 g/mol. The van der Waals surface area contributed by atoms with Crippen LogP contribution in [0.25, 0.3) is 5.69 Å². The van der Waals surface area contributed by atoms with Crippen LogP contribution in [0.15, 0.2) is 42.0 Å². The number of hydrogen-bond donors (Lipinski definition) is 1. The fourth-order valence-corrected chi connectivity index (χ4v) is 2.25. The molecule has 0 unspecified atom stereocenters. The predicted octanol–water partition coefficient (Wildman–Crippen LogP) is 2.99. The molecule has 118 valence electrons. The van der Waals surface area contributed by atoms with E-state index in [9.17, 15) is 18.0 Å². The lowest BCUT2D eigenvalue weighted by Crippen LogP contribution is -2.12. The zero-order valence-electron chi connectivity index (χ0n) is 11.3. The molecule has 10 heteroatoms. The van der Waals surface area contributed by atoms with Gasteiger partial charge in [-0.05, 0) is 24.3 Å². The van der Waals surface area contributed by atoms with E-state index in [1.165, 1.54) is 23.8 Å². The van der Waals surface area contributed by atoms with Crippen LogP contribution in [0.2, 0.25) is 0 Å². The quantitative estimate of drug-likeness (QED) is 0.796. The van der Waals surface area contributed by atoms with Crippen LogP contribution in [-0.2, 0) is 6.18 Å². The van der Waals surface area contributed by atoms with Crippen molar-refractivity contribution in [3.8, 4) is 5.69 Å². The third-order valence-corrected chi connectivity index (χ3v) is 3.44. The van der Waals surface area contributed by atoms with Gasteiger partial charge in [0.1, 0.15) is 5.51 Å². The Morgan fingerprint density at radius 1 is 1.26 bits per heavy atom. The van der Waals surface area contributed by atoms with Crippen LogP contribution in [0.5, 0.6) is 0 Å². The Balaban J connectivity index is 1.85. The first-order valence-electron chi connectivity index (χ1n) is 6.24. The minimum Gasteiger partial charge on any atom is -0.296 e. The van der Waals surface area contributed by atoms with E-state index in [4.69, 9.17) is 0 Å². The summed E-state index contributed by atoms with van der Waals surface area (Å²) in [6.45, 7) is 0. The maximum Gasteiger partial charge on any atom is 0.435 e. The van der Waals surface area contributed by atoms with Gasteiger partial charge in [-0.2, -0.15) is 18.3 Å². The fourth-order valence-electron chi connectivity index (χ4n) is 1.81. The number of carbonyl (C=O) groups is 1. The van der Waals surface area contributed by atoms with Gasteiger partial charge in [0.15, 0.2) is 5.69 Å². The zero-order chi connectivity index (χ0) is 16.4. The summed E-state index contributed by atoms with van der Waals surface area (Å²) in [6.07, 6.45) is -3.33. The highest BCUT2D eigenvalue weighted by Gasteiger charge is 2.33. The summed E-state index contributed by atoms with van der Waals surface area (Å²) in [7, 11) is 0. The molecule has 0 saturated heterocycles. The van der Waals surface area contributed by atoms with E-state index in [0.717, 1.165) is 22.1 Å². The largest absolute Gasteiger partial charge is 0.435 e. The standard InChI is InChI=1S/C13H8F3N5OS/c14-13(15,16)10-4-5-21(20-10)9-3-1-2-8(6-9)11(22)18-12-19-17-7-23-12/h1-7H,(H,18,19,22). The third kappa shape index (κ3) is 3.37. The summed E-state index contributed by atoms with van der Waals surface area (Å²) >= 11 is 1.16. The van der Waals surface area contributed by atoms with Gasteiger partial charge in [0.05, 0.1) is 5.69 Å². The molecule has 0 bridgehead atoms. The Kier molecular flexibility index (Phi) is 3.82. The van der Waals surface area contributed by atoms with E-state index in [1.807, 2.05) is 0 Å². The molecule has 2 aromatic heterocycles. The van der Waals surface area contributed by atoms with Gasteiger partial charge >= 0.3 is 6.18 Å². The minimum absolute atomic E-state index is 0.266. The van der Waals surface area contributed by atoms with E-state index in [2.05, 4.69) is 20.6 Å². The van der Waals surface area contributed by atoms with Crippen molar-refractivity contribution in [2.45, 2.75) is 6.18 Å². The molecule has 0 aliphatic rings. The molecule has 0 fully saturated rings. The molecule has 0 radical (unpaired) electrons. The van der Waals surface area contributed by atoms with E-state index < -0.39 is 17.8 Å². The maximum atomic E-state index is 12.6. The molecular formula is C13H8F3N5OS. The van der Waals surface area contributed by atoms with Crippen molar-refractivity contribution in [2.75, 3.05) is 5.32 Å². The first kappa shape index (κ1) is 15.2. The molecular weight excluding hydrogens is 331 g/mol. The van der Waals surface area contributed by atoms with Crippen LogP contribution in [0.4, 0.5) is 18.3 Å². The fraction of sp³-hybridized carbons (Fsp3) is 0.0769. The molecule has 3 rings (SSSR count). The number of nitrogens with zero attached hydrogens (tertiary/aromatic N) is 4. The van der Waals surface area contributed by atoms with Gasteiger partial charge in [0.2, 0.25) is 5.13 Å². The van der Waals surface area contributed by atoms with Crippen molar-refractivity contribution in [1.82, 2.24) is 20.0 Å². The molecule has 1 N–H and O–H groups in total. The second kappa shape index (κ2) is 5.80. The SMILES string of the molecule is O=C(Nc1nncs1)c1cccc(-n2ccc(C(F)(F)F)n2)c1. The highest BCUT2D eigenvalue weighted by molar-refractivity contribution is 7.13. The smallest absolute Gasteiger partial charge is 0.296 e. The maximum absolute atomic E-state index is 12.6. The minimum atomic E-state index is -4.52. The number of nitrogens with one attached hydrogen (secondary N) is 1. The van der Waals surface area contributed by atoms with Crippen molar-refractivity contribution >= 4 is 22.4 Å². The molecule has 1 amide bonds. The first-order chi connectivity index (χ1) is 10.9. The summed E-state index contributed by atoms with van der Waals surface area (Å²) in [4.78, 5) is 12.1. The number of carbonyl (C=O) groups excluding carboxylic acids is 1. The molecule has 0 atom stereocenters. The van der Waals surface area contributed by atoms with E-state index in [0.29, 0.717) is 10.8 Å². The summed E-state index contributed by atoms with van der Waals surface area (Å²) in [5.41, 5.74) is 1.07. The van der Waals surface area contributed by atoms with Gasteiger partial charge in [-0.25, -0.2) is 4.68 Å². The molecule has 6 nitrogen and oxygen atoms in total. The van der Waals surface area contributed by atoms with Crippen molar-refractivity contribution < 1.29 is 18.0 Å². The molecule has 2 heterocycles. The van der Waals surface area contributed by atoms with Gasteiger partial charge in [0, 0.05) is 11.8 Å². The number of anilines is 1. The van der Waals surface area contributed by atoms with E-state index in [-0.39, 0.29) is 5.56 Å². The molecule has 3 aromatic rings. The topological polar surface area (TPSA) is 72.7 Å². The Morgan fingerprint density at radius 3 is 2.74 bits per heavy atom. The molecule has 1 aromatic carbocycles. The zero-order valence-corrected chi connectivity index (χ0v) is 12.1. The van der Waals surface area contributed by atoms with Crippen molar-refractivity contribution in [3.63, 3.8) is 0 Å².